The zero-order valence-electron chi connectivity index (χ0n) is 12.5. The lowest BCUT2D eigenvalue weighted by atomic mass is 10.2. The van der Waals surface area contributed by atoms with E-state index in [0.29, 0.717) is 0 Å². The van der Waals surface area contributed by atoms with Gasteiger partial charge in [0.1, 0.15) is 0 Å². The van der Waals surface area contributed by atoms with Crippen LogP contribution >= 0.6 is 28.3 Å². The van der Waals surface area contributed by atoms with E-state index in [1.54, 1.807) is 6.21 Å². The second-order valence-electron chi connectivity index (χ2n) is 4.89. The molecule has 24 heavy (non-hydrogen) atoms. The molecule has 0 fully saturated rings. The summed E-state index contributed by atoms with van der Waals surface area (Å²) in [5.74, 6) is 1.51. The Hall–Kier alpha value is -2.38. The lowest BCUT2D eigenvalue weighted by Gasteiger charge is -1.98. The topological polar surface area (TPSA) is 55.7 Å². The van der Waals surface area contributed by atoms with Crippen LogP contribution in [0.5, 0.6) is 11.5 Å². The molecule has 4 rings (SSSR count). The Balaban J connectivity index is 0.00000169. The maximum absolute atomic E-state index is 5.34. The fraction of sp³-hybridized carbons (Fsp3) is 0.0588. The number of ether oxygens (including phenoxy) is 2. The molecule has 122 valence electrons. The fourth-order valence-corrected chi connectivity index (χ4v) is 2.89. The molecule has 0 atom stereocenters. The van der Waals surface area contributed by atoms with Crippen LogP contribution in [0, 0.1) is 0 Å². The summed E-state index contributed by atoms with van der Waals surface area (Å²) < 4.78 is 10.6. The molecule has 0 amide bonds. The highest BCUT2D eigenvalue weighted by molar-refractivity contribution is 8.93. The van der Waals surface area contributed by atoms with Crippen LogP contribution in [0.1, 0.15) is 5.56 Å². The Bertz CT molecular complexity index is 852. The zero-order chi connectivity index (χ0) is 15.5. The minimum atomic E-state index is 0. The van der Waals surface area contributed by atoms with Gasteiger partial charge in [-0.3, -0.25) is 5.43 Å². The second kappa shape index (κ2) is 7.46. The van der Waals surface area contributed by atoms with Crippen molar-refractivity contribution in [1.29, 1.82) is 0 Å². The molecule has 2 aromatic carbocycles. The second-order valence-corrected chi connectivity index (χ2v) is 5.74. The Morgan fingerprint density at radius 2 is 1.92 bits per heavy atom. The van der Waals surface area contributed by atoms with Crippen LogP contribution < -0.4 is 14.9 Å². The molecule has 1 aliphatic rings. The van der Waals surface area contributed by atoms with Gasteiger partial charge in [0.2, 0.25) is 11.9 Å². The molecule has 0 saturated heterocycles. The molecular formula is C17H14BrN3O2S. The van der Waals surface area contributed by atoms with Crippen molar-refractivity contribution < 1.29 is 9.47 Å². The van der Waals surface area contributed by atoms with Gasteiger partial charge >= 0.3 is 0 Å². The quantitative estimate of drug-likeness (QED) is 0.512. The highest BCUT2D eigenvalue weighted by atomic mass is 79.9. The standard InChI is InChI=1S/C17H13N3O2S.BrH/c1-2-4-13(5-3-1)14-10-23-17(19-14)20-18-9-12-6-7-15-16(8-12)22-11-21-15;/h1-10H,11H2,(H,19,20);1H/b18-9+;. The van der Waals surface area contributed by atoms with Gasteiger partial charge in [0.25, 0.3) is 0 Å². The normalized spacial score (nSPS) is 12.2. The molecule has 0 spiro atoms. The monoisotopic (exact) mass is 403 g/mol. The molecule has 0 radical (unpaired) electrons. The molecule has 1 aliphatic heterocycles. The number of nitrogens with one attached hydrogen (secondary N) is 1. The van der Waals surface area contributed by atoms with E-state index in [-0.39, 0.29) is 23.8 Å². The van der Waals surface area contributed by atoms with Gasteiger partial charge < -0.3 is 9.47 Å². The molecule has 0 bridgehead atoms. The van der Waals surface area contributed by atoms with Crippen molar-refractivity contribution in [3.8, 4) is 22.8 Å². The molecule has 7 heteroatoms. The Labute approximate surface area is 153 Å². The number of nitrogens with zero attached hydrogens (tertiary/aromatic N) is 2. The molecular weight excluding hydrogens is 390 g/mol. The summed E-state index contributed by atoms with van der Waals surface area (Å²) in [5, 5.41) is 6.98. The van der Waals surface area contributed by atoms with E-state index >= 15 is 0 Å². The van der Waals surface area contributed by atoms with E-state index in [0.717, 1.165) is 33.5 Å². The van der Waals surface area contributed by atoms with Crippen molar-refractivity contribution >= 4 is 39.7 Å². The first-order valence-electron chi connectivity index (χ1n) is 7.08. The lowest BCUT2D eigenvalue weighted by Crippen LogP contribution is -1.93. The summed E-state index contributed by atoms with van der Waals surface area (Å²) in [4.78, 5) is 4.52. The minimum Gasteiger partial charge on any atom is -0.454 e. The number of thiazole rings is 1. The molecule has 0 aliphatic carbocycles. The highest BCUT2D eigenvalue weighted by Crippen LogP contribution is 2.32. The number of hydrogen-bond donors (Lipinski definition) is 1. The third-order valence-electron chi connectivity index (χ3n) is 3.34. The van der Waals surface area contributed by atoms with Gasteiger partial charge in [-0.1, -0.05) is 30.3 Å². The van der Waals surface area contributed by atoms with Gasteiger partial charge in [-0.2, -0.15) is 5.10 Å². The van der Waals surface area contributed by atoms with Crippen LogP contribution in [0.2, 0.25) is 0 Å². The Morgan fingerprint density at radius 3 is 2.79 bits per heavy atom. The fourth-order valence-electron chi connectivity index (χ4n) is 2.22. The number of halogens is 1. The predicted octanol–water partition coefficient (Wildman–Crippen LogP) is 4.56. The first kappa shape index (κ1) is 16.5. The van der Waals surface area contributed by atoms with E-state index in [9.17, 15) is 0 Å². The average molecular weight is 404 g/mol. The number of hydrogen-bond acceptors (Lipinski definition) is 6. The summed E-state index contributed by atoms with van der Waals surface area (Å²) in [7, 11) is 0. The first-order valence-corrected chi connectivity index (χ1v) is 7.96. The predicted molar refractivity (Wildman–Crippen MR) is 102 cm³/mol. The summed E-state index contributed by atoms with van der Waals surface area (Å²) >= 11 is 1.52. The Morgan fingerprint density at radius 1 is 1.08 bits per heavy atom. The summed E-state index contributed by atoms with van der Waals surface area (Å²) in [6.45, 7) is 0.273. The van der Waals surface area contributed by atoms with Gasteiger partial charge in [0.15, 0.2) is 11.5 Å². The summed E-state index contributed by atoms with van der Waals surface area (Å²) in [6, 6.07) is 15.8. The third kappa shape index (κ3) is 3.58. The van der Waals surface area contributed by atoms with Crippen molar-refractivity contribution in [1.82, 2.24) is 4.98 Å². The van der Waals surface area contributed by atoms with Crippen LogP contribution in [-0.2, 0) is 0 Å². The number of anilines is 1. The SMILES string of the molecule is Br.C(=N\Nc1nc(-c2ccccc2)cs1)/c1ccc2c(c1)OCO2. The number of fused-ring (bicyclic) bond motifs is 1. The maximum atomic E-state index is 5.34. The van der Waals surface area contributed by atoms with Crippen LogP contribution in [0.15, 0.2) is 59.0 Å². The maximum Gasteiger partial charge on any atom is 0.231 e. The molecule has 2 heterocycles. The molecule has 1 aromatic heterocycles. The summed E-state index contributed by atoms with van der Waals surface area (Å²) in [5.41, 5.74) is 5.92. The summed E-state index contributed by atoms with van der Waals surface area (Å²) in [6.07, 6.45) is 1.73. The van der Waals surface area contributed by atoms with E-state index in [4.69, 9.17) is 9.47 Å². The molecule has 0 saturated carbocycles. The largest absolute Gasteiger partial charge is 0.454 e. The van der Waals surface area contributed by atoms with Crippen LogP contribution in [0.25, 0.3) is 11.3 Å². The van der Waals surface area contributed by atoms with Crippen molar-refractivity contribution in [3.05, 3.63) is 59.5 Å². The van der Waals surface area contributed by atoms with Crippen LogP contribution in [0.4, 0.5) is 5.13 Å². The van der Waals surface area contributed by atoms with E-state index in [2.05, 4.69) is 15.5 Å². The third-order valence-corrected chi connectivity index (χ3v) is 4.09. The van der Waals surface area contributed by atoms with Gasteiger partial charge in [-0.05, 0) is 23.8 Å². The highest BCUT2D eigenvalue weighted by Gasteiger charge is 2.12. The number of aromatic nitrogens is 1. The van der Waals surface area contributed by atoms with E-state index in [1.165, 1.54) is 11.3 Å². The molecule has 3 aromatic rings. The molecule has 5 nitrogen and oxygen atoms in total. The molecule has 1 N–H and O–H groups in total. The van der Waals surface area contributed by atoms with Crippen LogP contribution in [-0.4, -0.2) is 18.0 Å². The van der Waals surface area contributed by atoms with Gasteiger partial charge in [0, 0.05) is 10.9 Å². The van der Waals surface area contributed by atoms with Crippen molar-refractivity contribution in [3.63, 3.8) is 0 Å². The number of hydrazone groups is 1. The van der Waals surface area contributed by atoms with E-state index < -0.39 is 0 Å². The van der Waals surface area contributed by atoms with Gasteiger partial charge in [0.05, 0.1) is 11.9 Å². The number of benzene rings is 2. The van der Waals surface area contributed by atoms with Gasteiger partial charge in [-0.25, -0.2) is 4.98 Å². The molecule has 0 unspecified atom stereocenters. The van der Waals surface area contributed by atoms with Gasteiger partial charge in [-0.15, -0.1) is 28.3 Å². The van der Waals surface area contributed by atoms with Crippen molar-refractivity contribution in [2.45, 2.75) is 0 Å². The zero-order valence-corrected chi connectivity index (χ0v) is 15.0. The van der Waals surface area contributed by atoms with Crippen molar-refractivity contribution in [2.75, 3.05) is 12.2 Å². The minimum absolute atomic E-state index is 0. The average Bonchev–Trinajstić information content (AvgIpc) is 3.24. The smallest absolute Gasteiger partial charge is 0.231 e. The van der Waals surface area contributed by atoms with E-state index in [1.807, 2.05) is 53.9 Å². The van der Waals surface area contributed by atoms with Crippen LogP contribution in [0.3, 0.4) is 0 Å². The lowest BCUT2D eigenvalue weighted by molar-refractivity contribution is 0.174. The number of rotatable bonds is 4. The van der Waals surface area contributed by atoms with Crippen molar-refractivity contribution in [2.24, 2.45) is 5.10 Å². The Kier molecular flexibility index (Phi) is 5.12. The first-order chi connectivity index (χ1) is 11.4.